The number of halogens is 8. The molecular weight excluding hydrogens is 1130 g/mol. The Labute approximate surface area is 480 Å². The highest BCUT2D eigenvalue weighted by Gasteiger charge is 2.54. The Hall–Kier alpha value is -6.79. The minimum absolute atomic E-state index is 0.0184. The third kappa shape index (κ3) is 12.0. The molecule has 4 aliphatic heterocycles. The number of nitrogen functional groups attached to an aromatic ring is 1. The first kappa shape index (κ1) is 59.4. The van der Waals surface area contributed by atoms with Crippen LogP contribution in [0.2, 0.25) is 0 Å². The van der Waals surface area contributed by atoms with Gasteiger partial charge in [0.15, 0.2) is 5.82 Å². The largest absolute Gasteiger partial charge is 0.462 e. The number of β-amino-alcohol motifs (C(OH)–C–C–N with tert-alkyl or cyclic N) is 1. The van der Waals surface area contributed by atoms with Crippen molar-refractivity contribution in [3.8, 4) is 33.6 Å². The number of amides is 3. The van der Waals surface area contributed by atoms with Crippen molar-refractivity contribution in [3.63, 3.8) is 0 Å². The maximum absolute atomic E-state index is 17.4. The van der Waals surface area contributed by atoms with Crippen LogP contribution in [0.15, 0.2) is 48.0 Å². The molecule has 16 nitrogen and oxygen atoms in total. The number of anilines is 2. The van der Waals surface area contributed by atoms with Gasteiger partial charge < -0.3 is 41.3 Å². The van der Waals surface area contributed by atoms with Gasteiger partial charge in [0.1, 0.15) is 46.9 Å². The molecule has 26 heteroatoms. The minimum Gasteiger partial charge on any atom is -0.462 e. The zero-order valence-corrected chi connectivity index (χ0v) is 47.5. The van der Waals surface area contributed by atoms with E-state index in [1.165, 1.54) is 21.1 Å². The number of nitrogens with two attached hydrogens (primary N) is 1. The van der Waals surface area contributed by atoms with Gasteiger partial charge in [-0.2, -0.15) is 41.6 Å². The van der Waals surface area contributed by atoms with Crippen LogP contribution in [0.25, 0.3) is 42.6 Å². The fraction of sp³-hybridized carbons (Fsp3) is 0.491. The van der Waals surface area contributed by atoms with Crippen molar-refractivity contribution < 1.29 is 59.4 Å². The normalized spacial score (nSPS) is 21.9. The second-order valence-electron chi connectivity index (χ2n) is 23.0. The molecule has 6 aromatic rings. The van der Waals surface area contributed by atoms with E-state index in [0.29, 0.717) is 17.4 Å². The van der Waals surface area contributed by atoms with Crippen LogP contribution < -0.4 is 31.3 Å². The van der Waals surface area contributed by atoms with E-state index >= 15 is 22.0 Å². The number of thiazole rings is 1. The lowest BCUT2D eigenvalue weighted by molar-refractivity contribution is -0.234. The van der Waals surface area contributed by atoms with Gasteiger partial charge in [0.05, 0.1) is 56.0 Å². The lowest BCUT2D eigenvalue weighted by Gasteiger charge is -2.48. The summed E-state index contributed by atoms with van der Waals surface area (Å²) >= 11 is 2.14. The molecule has 10 rings (SSSR count). The summed E-state index contributed by atoms with van der Waals surface area (Å²) in [5, 5.41) is 29.0. The van der Waals surface area contributed by atoms with Crippen LogP contribution >= 0.6 is 22.7 Å². The number of carbonyl (C=O) groups is 3. The van der Waals surface area contributed by atoms with Gasteiger partial charge in [0.2, 0.25) is 17.7 Å². The van der Waals surface area contributed by atoms with E-state index < -0.39 is 125 Å². The number of alkyl halides is 6. The highest BCUT2D eigenvalue weighted by Crippen LogP contribution is 2.49. The molecule has 4 saturated heterocycles. The summed E-state index contributed by atoms with van der Waals surface area (Å²) in [4.78, 5) is 60.2. The topological polar surface area (TPSA) is 215 Å². The average molecular weight is 1200 g/mol. The first-order valence-corrected chi connectivity index (χ1v) is 28.9. The van der Waals surface area contributed by atoms with E-state index in [9.17, 15) is 37.9 Å². The van der Waals surface area contributed by atoms with Gasteiger partial charge in [-0.3, -0.25) is 19.3 Å². The first-order chi connectivity index (χ1) is 39.2. The Balaban J connectivity index is 0.826. The van der Waals surface area contributed by atoms with E-state index in [0.717, 1.165) is 46.7 Å². The van der Waals surface area contributed by atoms with Crippen molar-refractivity contribution in [1.29, 1.82) is 5.26 Å². The lowest BCUT2D eigenvalue weighted by Crippen LogP contribution is -2.63. The lowest BCUT2D eigenvalue weighted by atomic mass is 9.85. The number of hydrogen-bond acceptors (Lipinski definition) is 15. The molecule has 0 saturated carbocycles. The Kier molecular flexibility index (Phi) is 16.4. The Morgan fingerprint density at radius 1 is 0.976 bits per heavy atom. The molecule has 0 aliphatic carbocycles. The molecule has 442 valence electrons. The number of aliphatic hydroxyl groups is 1. The molecule has 4 aliphatic rings. The quantitative estimate of drug-likeness (QED) is 0.0452. The van der Waals surface area contributed by atoms with Gasteiger partial charge in [-0.25, -0.2) is 13.8 Å². The number of ether oxygens (including phenoxy) is 1. The van der Waals surface area contributed by atoms with E-state index in [4.69, 9.17) is 10.5 Å². The molecule has 8 atom stereocenters. The number of nitriles is 1. The maximum Gasteiger partial charge on any atom is 0.417 e. The molecule has 6 N–H and O–H groups in total. The third-order valence-electron chi connectivity index (χ3n) is 16.2. The number of rotatable bonds is 16. The van der Waals surface area contributed by atoms with Crippen LogP contribution in [-0.2, 0) is 20.6 Å². The van der Waals surface area contributed by atoms with Gasteiger partial charge >= 0.3 is 18.4 Å². The molecule has 0 radical (unpaired) electrons. The maximum atomic E-state index is 17.4. The number of aryl methyl sites for hydroxylation is 1. The molecule has 2 unspecified atom stereocenters. The van der Waals surface area contributed by atoms with Crippen molar-refractivity contribution in [1.82, 2.24) is 40.7 Å². The molecule has 3 aromatic heterocycles. The zero-order chi connectivity index (χ0) is 59.6. The number of fused-ring (bicyclic) bond motifs is 4. The number of aliphatic hydroxyl groups excluding tert-OH is 1. The molecule has 0 spiro atoms. The van der Waals surface area contributed by atoms with E-state index in [2.05, 4.69) is 30.9 Å². The van der Waals surface area contributed by atoms with Crippen LogP contribution in [0.4, 0.5) is 45.9 Å². The molecule has 4 fully saturated rings. The number of nitrogens with one attached hydrogen (secondary N) is 3. The summed E-state index contributed by atoms with van der Waals surface area (Å²) in [5.41, 5.74) is 5.61. The molecule has 83 heavy (non-hydrogen) atoms. The summed E-state index contributed by atoms with van der Waals surface area (Å²) in [7, 11) is 0. The van der Waals surface area contributed by atoms with Crippen LogP contribution in [0.5, 0.6) is 6.01 Å². The summed E-state index contributed by atoms with van der Waals surface area (Å²) in [6.07, 6.45) is -9.14. The fourth-order valence-corrected chi connectivity index (χ4v) is 13.7. The second-order valence-corrected chi connectivity index (χ2v) is 24.9. The number of benzene rings is 3. The number of thiophene rings is 1. The van der Waals surface area contributed by atoms with Crippen LogP contribution in [-0.4, -0.2) is 129 Å². The average Bonchev–Trinajstić information content (AvgIpc) is 4.24. The summed E-state index contributed by atoms with van der Waals surface area (Å²) in [5.74, 6) is -6.00. The molecule has 7 heterocycles. The monoisotopic (exact) mass is 1200 g/mol. The smallest absolute Gasteiger partial charge is 0.417 e. The van der Waals surface area contributed by atoms with Crippen molar-refractivity contribution in [2.24, 2.45) is 11.3 Å². The number of aromatic nitrogens is 3. The van der Waals surface area contributed by atoms with Gasteiger partial charge in [0, 0.05) is 67.4 Å². The predicted octanol–water partition coefficient (Wildman–Crippen LogP) is 9.42. The highest BCUT2D eigenvalue weighted by molar-refractivity contribution is 7.23. The van der Waals surface area contributed by atoms with Gasteiger partial charge in [-0.05, 0) is 80.3 Å². The van der Waals surface area contributed by atoms with E-state index in [-0.39, 0.29) is 95.8 Å². The van der Waals surface area contributed by atoms with Crippen molar-refractivity contribution in [3.05, 3.63) is 82.0 Å². The predicted molar refractivity (Wildman–Crippen MR) is 297 cm³/mol. The van der Waals surface area contributed by atoms with E-state index in [1.807, 2.05) is 38.1 Å². The highest BCUT2D eigenvalue weighted by atomic mass is 32.1. The van der Waals surface area contributed by atoms with Gasteiger partial charge in [-0.1, -0.05) is 51.1 Å². The number of unbranched alkanes of at least 4 members (excludes halogenated alkanes) is 1. The molecule has 3 aromatic carbocycles. The number of nitrogens with zero attached hydrogens (tertiary/aromatic N) is 7. The van der Waals surface area contributed by atoms with Crippen LogP contribution in [0.3, 0.4) is 0 Å². The summed E-state index contributed by atoms with van der Waals surface area (Å²) < 4.78 is 128. The number of likely N-dealkylation sites (tertiary alicyclic amines) is 2. The summed E-state index contributed by atoms with van der Waals surface area (Å²) in [6, 6.07) is 7.21. The molecule has 3 amide bonds. The Morgan fingerprint density at radius 3 is 2.33 bits per heavy atom. The van der Waals surface area contributed by atoms with Crippen molar-refractivity contribution in [2.45, 2.75) is 128 Å². The van der Waals surface area contributed by atoms with Gasteiger partial charge in [-0.15, -0.1) is 22.7 Å². The third-order valence-corrected chi connectivity index (χ3v) is 18.2. The Morgan fingerprint density at radius 2 is 1.69 bits per heavy atom. The number of hydrogen-bond donors (Lipinski definition) is 5. The van der Waals surface area contributed by atoms with Crippen LogP contribution in [0.1, 0.15) is 94.6 Å². The Bertz CT molecular complexity index is 3500. The number of piperazine rings is 1. The standard InChI is InChI=1S/C57H61F8N11O5S2/c1-27(29-9-11-30(12-10-29)47-28(2)68-26-82-47)69-52(79)40-18-33(77)23-76(40)53(80)49(55(3,4)5)71-42(78)8-6-7-17-74-24-38(57(63,64)65)41(74)25-81-54-72-46-35(51(73-54)75-21-31-13-14-32(22-75)70-31)19-37(56(60,61)62)44(45(46)59)34-15-16-39(58)48-43(34)36(20-66)50(67)83-48/h9-12,15-16,19,26-27,31-33,38,40-41,49,70,77H,6-8,13-14,17-18,21-25,67H2,1-5H3,(H,69,79)(H,71,78)/t27-,31?,32?,33+,38+,40-,41+,49+/m0/s1. The van der Waals surface area contributed by atoms with Crippen molar-refractivity contribution in [2.75, 3.05) is 50.0 Å². The fourth-order valence-electron chi connectivity index (χ4n) is 11.9. The number of carbonyl (C=O) groups excluding carboxylic acids is 3. The minimum atomic E-state index is -5.22. The van der Waals surface area contributed by atoms with Crippen molar-refractivity contribution >= 4 is 72.2 Å². The zero-order valence-electron chi connectivity index (χ0n) is 45.9. The molecule has 2 bridgehead atoms. The second kappa shape index (κ2) is 23.0. The van der Waals surface area contributed by atoms with E-state index in [1.54, 1.807) is 37.3 Å². The first-order valence-electron chi connectivity index (χ1n) is 27.3. The molecular formula is C57H61F8N11O5S2. The van der Waals surface area contributed by atoms with Crippen LogP contribution in [0, 0.1) is 41.2 Å². The summed E-state index contributed by atoms with van der Waals surface area (Å²) in [6.45, 7) is 8.30. The SMILES string of the molecule is Cc1ncsc1-c1ccc([C@H](C)NC(=O)[C@@H]2C[C@@H](O)CN2C(=O)[C@@H](NC(=O)CCCCN2C[C@@H](C(F)(F)F)[C@H]2COc2nc(N3CC4CCC(C3)N4)c3cc(C(F)(F)F)c(-c4ccc(F)c5sc(N)c(C#N)c45)c(F)c3n2)C(C)(C)C)cc1. The van der Waals surface area contributed by atoms with Gasteiger partial charge in [0.25, 0.3) is 0 Å².